The van der Waals surface area contributed by atoms with Gasteiger partial charge in [0, 0.05) is 19.4 Å². The minimum atomic E-state index is -3.84. The van der Waals surface area contributed by atoms with E-state index in [-0.39, 0.29) is 4.91 Å². The van der Waals surface area contributed by atoms with Crippen LogP contribution >= 0.6 is 11.3 Å². The monoisotopic (exact) mass is 321 g/mol. The maximum absolute atomic E-state index is 12.4. The molecule has 6 nitrogen and oxygen atoms in total. The first-order chi connectivity index (χ1) is 10.0. The molecule has 108 valence electrons. The number of hydrogen-bond donors (Lipinski definition) is 1. The van der Waals surface area contributed by atoms with Crippen molar-refractivity contribution in [2.75, 3.05) is 16.7 Å². The summed E-state index contributed by atoms with van der Waals surface area (Å²) in [6.45, 7) is 0. The molecule has 0 bridgehead atoms. The molecule has 21 heavy (non-hydrogen) atoms. The first kappa shape index (κ1) is 13.8. The molecule has 0 saturated heterocycles. The number of carbonyl (C=O) groups is 1. The highest BCUT2D eigenvalue weighted by atomic mass is 32.2. The molecule has 3 rings (SSSR count). The number of nitrogens with one attached hydrogen (secondary N) is 1. The first-order valence-corrected chi connectivity index (χ1v) is 8.32. The van der Waals surface area contributed by atoms with Gasteiger partial charge in [-0.3, -0.25) is 9.10 Å². The Balaban J connectivity index is 2.04. The van der Waals surface area contributed by atoms with Gasteiger partial charge in [0.2, 0.25) is 5.78 Å². The molecule has 0 radical (unpaired) electrons. The predicted molar refractivity (Wildman–Crippen MR) is 81.9 cm³/mol. The van der Waals surface area contributed by atoms with Gasteiger partial charge in [-0.2, -0.15) is 0 Å². The number of carbonyl (C=O) groups excluding carboxylic acids is 1. The zero-order valence-electron chi connectivity index (χ0n) is 11.0. The van der Waals surface area contributed by atoms with Gasteiger partial charge in [0.25, 0.3) is 10.0 Å². The van der Waals surface area contributed by atoms with Crippen LogP contribution in [-0.4, -0.2) is 26.2 Å². The average molecular weight is 321 g/mol. The number of anilines is 2. The SMILES string of the molecule is CN1c2ccsc2C(=O)/C(=C/Nc2ccccn2)S1(=O)=O. The van der Waals surface area contributed by atoms with Gasteiger partial charge in [-0.15, -0.1) is 11.3 Å². The summed E-state index contributed by atoms with van der Waals surface area (Å²) in [7, 11) is -2.41. The normalized spacial score (nSPS) is 18.6. The van der Waals surface area contributed by atoms with Crippen molar-refractivity contribution in [3.05, 3.63) is 51.8 Å². The molecule has 3 heterocycles. The Labute approximate surface area is 125 Å². The van der Waals surface area contributed by atoms with E-state index in [0.717, 1.165) is 4.31 Å². The van der Waals surface area contributed by atoms with Crippen molar-refractivity contribution in [2.24, 2.45) is 0 Å². The number of allylic oxidation sites excluding steroid dienone is 1. The van der Waals surface area contributed by atoms with Gasteiger partial charge < -0.3 is 5.32 Å². The van der Waals surface area contributed by atoms with Crippen molar-refractivity contribution in [1.29, 1.82) is 0 Å². The minimum absolute atomic E-state index is 0.286. The summed E-state index contributed by atoms with van der Waals surface area (Å²) < 4.78 is 25.9. The van der Waals surface area contributed by atoms with E-state index in [0.29, 0.717) is 16.4 Å². The third-order valence-electron chi connectivity index (χ3n) is 3.07. The molecule has 0 aliphatic carbocycles. The lowest BCUT2D eigenvalue weighted by molar-refractivity contribution is 0.104. The number of Topliss-reactive ketones (excluding diaryl/α,β-unsaturated/α-hetero) is 1. The summed E-state index contributed by atoms with van der Waals surface area (Å²) >= 11 is 1.22. The Kier molecular flexibility index (Phi) is 3.26. The molecule has 0 saturated carbocycles. The predicted octanol–water partition coefficient (Wildman–Crippen LogP) is 2.06. The number of pyridine rings is 1. The molecule has 0 spiro atoms. The zero-order valence-corrected chi connectivity index (χ0v) is 12.6. The molecule has 1 aliphatic heterocycles. The summed E-state index contributed by atoms with van der Waals surface area (Å²) in [4.78, 5) is 16.5. The fourth-order valence-corrected chi connectivity index (χ4v) is 4.20. The minimum Gasteiger partial charge on any atom is -0.345 e. The number of rotatable bonds is 2. The number of sulfonamides is 1. The Morgan fingerprint density at radius 1 is 1.33 bits per heavy atom. The highest BCUT2D eigenvalue weighted by Crippen LogP contribution is 2.37. The average Bonchev–Trinajstić information content (AvgIpc) is 2.95. The van der Waals surface area contributed by atoms with Crippen LogP contribution in [0.4, 0.5) is 11.5 Å². The second-order valence-corrected chi connectivity index (χ2v) is 7.16. The molecule has 1 N–H and O–H groups in total. The molecule has 0 atom stereocenters. The third kappa shape index (κ3) is 2.22. The van der Waals surface area contributed by atoms with Crippen molar-refractivity contribution < 1.29 is 13.2 Å². The van der Waals surface area contributed by atoms with E-state index in [4.69, 9.17) is 0 Å². The molecule has 1 aliphatic rings. The summed E-state index contributed by atoms with van der Waals surface area (Å²) in [5, 5.41) is 4.45. The lowest BCUT2D eigenvalue weighted by Gasteiger charge is -2.25. The Bertz CT molecular complexity index is 825. The number of ketones is 1. The molecule has 0 aromatic carbocycles. The number of nitrogens with zero attached hydrogens (tertiary/aromatic N) is 2. The quantitative estimate of drug-likeness (QED) is 0.857. The van der Waals surface area contributed by atoms with E-state index in [2.05, 4.69) is 10.3 Å². The Hall–Kier alpha value is -2.19. The largest absolute Gasteiger partial charge is 0.345 e. The maximum Gasteiger partial charge on any atom is 0.269 e. The van der Waals surface area contributed by atoms with Crippen molar-refractivity contribution >= 4 is 38.6 Å². The molecule has 0 amide bonds. The third-order valence-corrected chi connectivity index (χ3v) is 5.75. The van der Waals surface area contributed by atoms with Crippen LogP contribution < -0.4 is 9.62 Å². The van der Waals surface area contributed by atoms with Crippen LogP contribution in [-0.2, 0) is 10.0 Å². The molecule has 8 heteroatoms. The topological polar surface area (TPSA) is 79.4 Å². The van der Waals surface area contributed by atoms with Crippen molar-refractivity contribution in [3.8, 4) is 0 Å². The summed E-state index contributed by atoms with van der Waals surface area (Å²) in [6, 6.07) is 6.80. The van der Waals surface area contributed by atoms with Crippen molar-refractivity contribution in [1.82, 2.24) is 4.98 Å². The van der Waals surface area contributed by atoms with Crippen LogP contribution in [0.25, 0.3) is 0 Å². The van der Waals surface area contributed by atoms with Crippen molar-refractivity contribution in [3.63, 3.8) is 0 Å². The van der Waals surface area contributed by atoms with Crippen LogP contribution in [0.3, 0.4) is 0 Å². The van der Waals surface area contributed by atoms with E-state index in [1.807, 2.05) is 0 Å². The highest BCUT2D eigenvalue weighted by molar-refractivity contribution is 7.97. The zero-order chi connectivity index (χ0) is 15.0. The van der Waals surface area contributed by atoms with E-state index in [9.17, 15) is 13.2 Å². The molecular weight excluding hydrogens is 310 g/mol. The summed E-state index contributed by atoms with van der Waals surface area (Å²) in [6.07, 6.45) is 2.76. The second kappa shape index (κ2) is 4.97. The van der Waals surface area contributed by atoms with E-state index in [1.54, 1.807) is 35.8 Å². The van der Waals surface area contributed by atoms with Gasteiger partial charge >= 0.3 is 0 Å². The van der Waals surface area contributed by atoms with E-state index in [1.165, 1.54) is 24.6 Å². The van der Waals surface area contributed by atoms with Crippen LogP contribution in [0.1, 0.15) is 9.67 Å². The van der Waals surface area contributed by atoms with Crippen molar-refractivity contribution in [2.45, 2.75) is 0 Å². The van der Waals surface area contributed by atoms with Gasteiger partial charge in [-0.25, -0.2) is 13.4 Å². The fourth-order valence-electron chi connectivity index (χ4n) is 1.95. The molecule has 0 unspecified atom stereocenters. The van der Waals surface area contributed by atoms with E-state index < -0.39 is 15.8 Å². The summed E-state index contributed by atoms with van der Waals surface area (Å²) in [5.74, 6) is -0.0332. The molecule has 2 aromatic heterocycles. The lowest BCUT2D eigenvalue weighted by atomic mass is 10.2. The smallest absolute Gasteiger partial charge is 0.269 e. The van der Waals surface area contributed by atoms with Gasteiger partial charge in [0.1, 0.15) is 10.7 Å². The summed E-state index contributed by atoms with van der Waals surface area (Å²) in [5.41, 5.74) is 0.417. The molecular formula is C13H11N3O3S2. The second-order valence-electron chi connectivity index (χ2n) is 4.30. The first-order valence-electron chi connectivity index (χ1n) is 6.00. The Morgan fingerprint density at radius 3 is 2.86 bits per heavy atom. The van der Waals surface area contributed by atoms with Gasteiger partial charge in [-0.05, 0) is 23.6 Å². The highest BCUT2D eigenvalue weighted by Gasteiger charge is 2.39. The maximum atomic E-state index is 12.4. The van der Waals surface area contributed by atoms with Crippen LogP contribution in [0, 0.1) is 0 Å². The Morgan fingerprint density at radius 2 is 2.14 bits per heavy atom. The van der Waals surface area contributed by atoms with Gasteiger partial charge in [-0.1, -0.05) is 6.07 Å². The molecule has 0 fully saturated rings. The lowest BCUT2D eigenvalue weighted by Crippen LogP contribution is -2.35. The standard InChI is InChI=1S/C13H11N3O3S2/c1-16-9-5-7-20-13(9)12(17)10(21(16,18)19)8-15-11-4-2-3-6-14-11/h2-8H,1H3,(H,14,15)/b10-8-. The number of fused-ring (bicyclic) bond motifs is 1. The number of hydrogen-bond acceptors (Lipinski definition) is 6. The molecule has 2 aromatic rings. The van der Waals surface area contributed by atoms with Gasteiger partial charge in [0.15, 0.2) is 4.91 Å². The van der Waals surface area contributed by atoms with Gasteiger partial charge in [0.05, 0.1) is 5.69 Å². The van der Waals surface area contributed by atoms with E-state index >= 15 is 0 Å². The van der Waals surface area contributed by atoms with Crippen LogP contribution in [0.5, 0.6) is 0 Å². The number of aromatic nitrogens is 1. The fraction of sp³-hybridized carbons (Fsp3) is 0.0769. The van der Waals surface area contributed by atoms with Crippen LogP contribution in [0.15, 0.2) is 46.9 Å². The van der Waals surface area contributed by atoms with Crippen LogP contribution in [0.2, 0.25) is 0 Å². The number of thiophene rings is 1.